The van der Waals surface area contributed by atoms with Crippen LogP contribution in [0.15, 0.2) is 12.3 Å². The summed E-state index contributed by atoms with van der Waals surface area (Å²) in [5, 5.41) is 11.5. The van der Waals surface area contributed by atoms with Gasteiger partial charge in [0.15, 0.2) is 12.6 Å². The minimum atomic E-state index is -0.312. The molecule has 0 saturated carbocycles. The Morgan fingerprint density at radius 1 is 1.27 bits per heavy atom. The molecular weight excluding hydrogens is 212 g/mol. The number of carbonyl (C=O) groups is 2. The summed E-state index contributed by atoms with van der Waals surface area (Å²) in [4.78, 5) is 28.3. The van der Waals surface area contributed by atoms with E-state index in [1.54, 1.807) is 0 Å². The van der Waals surface area contributed by atoms with Crippen molar-refractivity contribution in [3.63, 3.8) is 0 Å². The quantitative estimate of drug-likeness (QED) is 0.0970. The molecule has 0 bridgehead atoms. The van der Waals surface area contributed by atoms with Crippen LogP contribution in [0.5, 0.6) is 0 Å². The second kappa shape index (κ2) is 10.8. The second-order valence-corrected chi connectivity index (χ2v) is 2.05. The Morgan fingerprint density at radius 2 is 2.07 bits per heavy atom. The summed E-state index contributed by atoms with van der Waals surface area (Å²) in [5.41, 5.74) is 0. The van der Waals surface area contributed by atoms with Crippen molar-refractivity contribution >= 4 is 12.1 Å². The van der Waals surface area contributed by atoms with Crippen LogP contribution in [-0.2, 0) is 39.2 Å². The van der Waals surface area contributed by atoms with Crippen LogP contribution in [0.2, 0.25) is 0 Å². The molecule has 0 aromatic rings. The van der Waals surface area contributed by atoms with E-state index in [4.69, 9.17) is 0 Å². The third-order valence-electron chi connectivity index (χ3n) is 0.792. The maximum Gasteiger partial charge on any atom is 0.184 e. The molecule has 0 N–H and O–H groups in total. The number of hydrogen-bond acceptors (Lipinski definition) is 8. The largest absolute Gasteiger partial charge is 0.344 e. The molecule has 0 aliphatic heterocycles. The van der Waals surface area contributed by atoms with Gasteiger partial charge in [-0.15, -0.1) is 0 Å². The minimum Gasteiger partial charge on any atom is -0.344 e. The van der Waals surface area contributed by atoms with Crippen molar-refractivity contribution in [1.29, 1.82) is 0 Å². The average molecular weight is 222 g/mol. The molecule has 0 spiro atoms. The third-order valence-corrected chi connectivity index (χ3v) is 0.792. The van der Waals surface area contributed by atoms with Crippen molar-refractivity contribution in [2.24, 2.45) is 0 Å². The fourth-order valence-electron chi connectivity index (χ4n) is 0.373. The number of ketones is 1. The van der Waals surface area contributed by atoms with E-state index in [1.807, 2.05) is 0 Å². The molecular formula is C7H10O8. The maximum absolute atomic E-state index is 10.3. The van der Waals surface area contributed by atoms with Crippen LogP contribution in [0.4, 0.5) is 0 Å². The first-order chi connectivity index (χ1) is 7.27. The number of hydrogen-bond donors (Lipinski definition) is 0. The molecule has 86 valence electrons. The highest BCUT2D eigenvalue weighted by molar-refractivity contribution is 5.76. The lowest BCUT2D eigenvalue weighted by Crippen LogP contribution is -2.08. The summed E-state index contributed by atoms with van der Waals surface area (Å²) in [6.45, 7) is 0.948. The van der Waals surface area contributed by atoms with Gasteiger partial charge in [0.25, 0.3) is 0 Å². The molecule has 15 heavy (non-hydrogen) atoms. The Morgan fingerprint density at radius 3 is 2.73 bits per heavy atom. The number of Topliss-reactive ketones (excluding diaryl/α,β-unsaturated/α-hetero) is 1. The molecule has 0 atom stereocenters. The first-order valence-electron chi connectivity index (χ1n) is 3.73. The first kappa shape index (κ1) is 13.7. The van der Waals surface area contributed by atoms with Gasteiger partial charge in [0.1, 0.15) is 19.2 Å². The molecule has 0 rings (SSSR count). The van der Waals surface area contributed by atoms with E-state index in [9.17, 15) is 9.59 Å². The SMILES string of the molecule is CC(=O)COCOOOOO/C=C/C=O. The van der Waals surface area contributed by atoms with Gasteiger partial charge in [-0.2, -0.15) is 4.89 Å². The predicted molar refractivity (Wildman–Crippen MR) is 42.1 cm³/mol. The van der Waals surface area contributed by atoms with E-state index in [0.29, 0.717) is 6.29 Å². The van der Waals surface area contributed by atoms with Crippen molar-refractivity contribution < 1.29 is 39.2 Å². The second-order valence-electron chi connectivity index (χ2n) is 2.05. The molecule has 0 aromatic carbocycles. The van der Waals surface area contributed by atoms with Crippen LogP contribution in [-0.4, -0.2) is 25.5 Å². The molecule has 0 heterocycles. The summed E-state index contributed by atoms with van der Waals surface area (Å²) < 4.78 is 4.61. The molecule has 0 radical (unpaired) electrons. The molecule has 8 heteroatoms. The lowest BCUT2D eigenvalue weighted by Gasteiger charge is -2.00. The highest BCUT2D eigenvalue weighted by atomic mass is 17.8. The molecule has 0 aromatic heterocycles. The van der Waals surface area contributed by atoms with E-state index in [-0.39, 0.29) is 19.2 Å². The van der Waals surface area contributed by atoms with Crippen molar-refractivity contribution in [1.82, 2.24) is 0 Å². The van der Waals surface area contributed by atoms with Gasteiger partial charge in [0.05, 0.1) is 0 Å². The minimum absolute atomic E-state index is 0.0945. The van der Waals surface area contributed by atoms with Crippen LogP contribution in [0.3, 0.4) is 0 Å². The summed E-state index contributed by atoms with van der Waals surface area (Å²) in [5.74, 6) is -0.155. The van der Waals surface area contributed by atoms with E-state index < -0.39 is 0 Å². The van der Waals surface area contributed by atoms with Gasteiger partial charge in [-0.25, -0.2) is 0 Å². The maximum atomic E-state index is 10.3. The Balaban J connectivity index is 3.01. The van der Waals surface area contributed by atoms with Gasteiger partial charge in [0, 0.05) is 16.2 Å². The molecule has 8 nitrogen and oxygen atoms in total. The van der Waals surface area contributed by atoms with Crippen LogP contribution < -0.4 is 0 Å². The van der Waals surface area contributed by atoms with E-state index in [0.717, 1.165) is 12.3 Å². The first-order valence-corrected chi connectivity index (χ1v) is 3.73. The number of carbonyl (C=O) groups excluding carboxylic acids is 2. The van der Waals surface area contributed by atoms with Crippen LogP contribution in [0, 0.1) is 0 Å². The normalized spacial score (nSPS) is 10.5. The van der Waals surface area contributed by atoms with Crippen LogP contribution in [0.25, 0.3) is 0 Å². The monoisotopic (exact) mass is 222 g/mol. The summed E-state index contributed by atoms with van der Waals surface area (Å²) >= 11 is 0. The van der Waals surface area contributed by atoms with Crippen molar-refractivity contribution in [3.05, 3.63) is 12.3 Å². The molecule has 0 unspecified atom stereocenters. The van der Waals surface area contributed by atoms with Gasteiger partial charge in [-0.1, -0.05) is 0 Å². The smallest absolute Gasteiger partial charge is 0.184 e. The van der Waals surface area contributed by atoms with Gasteiger partial charge < -0.3 is 9.62 Å². The number of aldehydes is 1. The van der Waals surface area contributed by atoms with E-state index in [1.165, 1.54) is 6.92 Å². The molecule has 0 saturated heterocycles. The van der Waals surface area contributed by atoms with Gasteiger partial charge in [0.2, 0.25) is 0 Å². The number of ether oxygens (including phenoxy) is 1. The van der Waals surface area contributed by atoms with Crippen molar-refractivity contribution in [2.45, 2.75) is 6.92 Å². The zero-order valence-electron chi connectivity index (χ0n) is 7.91. The zero-order chi connectivity index (χ0) is 11.4. The summed E-state index contributed by atoms with van der Waals surface area (Å²) in [7, 11) is 0. The number of allylic oxidation sites excluding steroid dienone is 1. The number of rotatable bonds is 10. The topological polar surface area (TPSA) is 89.5 Å². The van der Waals surface area contributed by atoms with Crippen molar-refractivity contribution in [3.8, 4) is 0 Å². The van der Waals surface area contributed by atoms with E-state index in [2.05, 4.69) is 29.6 Å². The standard InChI is InChI=1S/C7H10O8/c1-7(9)5-10-6-12-14-15-13-11-4-2-3-8/h2-4H,5-6H2,1H3/b4-2+. The van der Waals surface area contributed by atoms with E-state index >= 15 is 0 Å². The average Bonchev–Trinajstić information content (AvgIpc) is 2.20. The highest BCUT2D eigenvalue weighted by Gasteiger charge is 1.94. The summed E-state index contributed by atoms with van der Waals surface area (Å²) in [6, 6.07) is 0. The van der Waals surface area contributed by atoms with Gasteiger partial charge >= 0.3 is 0 Å². The molecule has 0 aliphatic rings. The van der Waals surface area contributed by atoms with Crippen molar-refractivity contribution in [2.75, 3.05) is 13.4 Å². The lowest BCUT2D eigenvalue weighted by molar-refractivity contribution is -0.705. The molecule has 0 amide bonds. The van der Waals surface area contributed by atoms with Crippen LogP contribution in [0.1, 0.15) is 6.92 Å². The summed E-state index contributed by atoms with van der Waals surface area (Å²) in [6.07, 6.45) is 2.39. The molecule has 0 aliphatic carbocycles. The van der Waals surface area contributed by atoms with Gasteiger partial charge in [-0.3, -0.25) is 9.59 Å². The lowest BCUT2D eigenvalue weighted by atomic mass is 10.5. The highest BCUT2D eigenvalue weighted by Crippen LogP contribution is 1.87. The Bertz CT molecular complexity index is 201. The fraction of sp³-hybridized carbons (Fsp3) is 0.429. The van der Waals surface area contributed by atoms with Gasteiger partial charge in [-0.05, 0) is 12.0 Å². The third kappa shape index (κ3) is 12.7. The zero-order valence-corrected chi connectivity index (χ0v) is 7.91. The Labute approximate surface area is 85.0 Å². The Kier molecular flexibility index (Phi) is 9.81. The van der Waals surface area contributed by atoms with Crippen LogP contribution >= 0.6 is 0 Å². The predicted octanol–water partition coefficient (Wildman–Crippen LogP) is 0.00510. The Hall–Kier alpha value is -1.32. The fourth-order valence-corrected chi connectivity index (χ4v) is 0.373. The molecule has 0 fully saturated rings.